The van der Waals surface area contributed by atoms with Gasteiger partial charge in [0, 0.05) is 0 Å². The number of rotatable bonds is 12. The van der Waals surface area contributed by atoms with Crippen molar-refractivity contribution in [2.45, 2.75) is 46.0 Å². The highest BCUT2D eigenvalue weighted by atomic mass is 16.6. The van der Waals surface area contributed by atoms with E-state index >= 15 is 0 Å². The Morgan fingerprint density at radius 3 is 1.17 bits per heavy atom. The van der Waals surface area contributed by atoms with Crippen LogP contribution in [0.2, 0.25) is 0 Å². The molecule has 35 heavy (non-hydrogen) atoms. The van der Waals surface area contributed by atoms with Gasteiger partial charge in [0.2, 0.25) is 0 Å². The minimum atomic E-state index is -2.21. The first-order chi connectivity index (χ1) is 17.1. The summed E-state index contributed by atoms with van der Waals surface area (Å²) in [5.74, 6) is -2.90. The van der Waals surface area contributed by atoms with E-state index in [1.54, 1.807) is 36.4 Å². The number of hydrogen-bond donors (Lipinski definition) is 0. The summed E-state index contributed by atoms with van der Waals surface area (Å²) in [6.07, 6.45) is 1.02. The van der Waals surface area contributed by atoms with Crippen molar-refractivity contribution in [3.05, 3.63) is 108 Å². The van der Waals surface area contributed by atoms with E-state index in [1.165, 1.54) is 0 Å². The second-order valence-electron chi connectivity index (χ2n) is 8.19. The molecule has 0 saturated heterocycles. The molecule has 0 amide bonds. The zero-order valence-corrected chi connectivity index (χ0v) is 19.9. The van der Waals surface area contributed by atoms with Crippen LogP contribution in [-0.4, -0.2) is 17.9 Å². The van der Waals surface area contributed by atoms with Crippen LogP contribution in [-0.2, 0) is 48.4 Å². The van der Waals surface area contributed by atoms with Gasteiger partial charge in [0.25, 0.3) is 5.41 Å². The van der Waals surface area contributed by atoms with Crippen molar-refractivity contribution in [3.8, 4) is 0 Å². The molecule has 0 aliphatic heterocycles. The van der Waals surface area contributed by atoms with E-state index in [4.69, 9.17) is 14.2 Å². The number of unbranched alkanes of at least 4 members (excludes halogenated alkanes) is 1. The zero-order chi connectivity index (χ0) is 24.9. The van der Waals surface area contributed by atoms with Gasteiger partial charge in [0.05, 0.1) is 0 Å². The number of hydrogen-bond acceptors (Lipinski definition) is 6. The molecule has 0 aliphatic rings. The Kier molecular flexibility index (Phi) is 9.60. The quantitative estimate of drug-likeness (QED) is 0.199. The van der Waals surface area contributed by atoms with Crippen LogP contribution in [0.3, 0.4) is 0 Å². The molecule has 0 heterocycles. The molecule has 0 N–H and O–H groups in total. The van der Waals surface area contributed by atoms with Gasteiger partial charge in [-0.1, -0.05) is 111 Å². The summed E-state index contributed by atoms with van der Waals surface area (Å²) >= 11 is 0. The summed E-state index contributed by atoms with van der Waals surface area (Å²) in [5.41, 5.74) is -0.00408. The SMILES string of the molecule is CCCCC(C(=O)OCc1ccccc1)(C(=O)OCc1ccccc1)C(=O)OCc1ccccc1. The van der Waals surface area contributed by atoms with Gasteiger partial charge in [0.1, 0.15) is 19.8 Å². The van der Waals surface area contributed by atoms with Crippen LogP contribution >= 0.6 is 0 Å². The van der Waals surface area contributed by atoms with Crippen LogP contribution in [0.15, 0.2) is 91.0 Å². The molecule has 0 bridgehead atoms. The smallest absolute Gasteiger partial charge is 0.335 e. The Bertz CT molecular complexity index is 945. The molecule has 6 heteroatoms. The number of benzene rings is 3. The van der Waals surface area contributed by atoms with Crippen LogP contribution in [0.25, 0.3) is 0 Å². The summed E-state index contributed by atoms with van der Waals surface area (Å²) < 4.78 is 16.5. The molecule has 0 fully saturated rings. The van der Waals surface area contributed by atoms with Crippen LogP contribution in [0, 0.1) is 5.41 Å². The Labute approximate surface area is 205 Å². The molecule has 182 valence electrons. The first-order valence-electron chi connectivity index (χ1n) is 11.7. The lowest BCUT2D eigenvalue weighted by atomic mass is 9.82. The van der Waals surface area contributed by atoms with Crippen molar-refractivity contribution in [1.82, 2.24) is 0 Å². The number of carbonyl (C=O) groups excluding carboxylic acids is 3. The van der Waals surface area contributed by atoms with E-state index < -0.39 is 23.3 Å². The third-order valence-electron chi connectivity index (χ3n) is 5.59. The van der Waals surface area contributed by atoms with Crippen LogP contribution in [0.4, 0.5) is 0 Å². The van der Waals surface area contributed by atoms with Crippen molar-refractivity contribution in [2.24, 2.45) is 5.41 Å². The minimum absolute atomic E-state index is 0.0711. The summed E-state index contributed by atoms with van der Waals surface area (Å²) in [4.78, 5) is 40.3. The van der Waals surface area contributed by atoms with E-state index in [2.05, 4.69) is 0 Å². The second-order valence-corrected chi connectivity index (χ2v) is 8.19. The fourth-order valence-corrected chi connectivity index (χ4v) is 3.54. The number of carbonyl (C=O) groups is 3. The zero-order valence-electron chi connectivity index (χ0n) is 19.9. The van der Waals surface area contributed by atoms with Gasteiger partial charge >= 0.3 is 17.9 Å². The molecule has 0 spiro atoms. The Hall–Kier alpha value is -3.93. The molecule has 0 saturated carbocycles. The largest absolute Gasteiger partial charge is 0.460 e. The van der Waals surface area contributed by atoms with E-state index in [-0.39, 0.29) is 26.2 Å². The predicted molar refractivity (Wildman–Crippen MR) is 131 cm³/mol. The molecule has 0 aliphatic carbocycles. The summed E-state index contributed by atoms with van der Waals surface area (Å²) in [6.45, 7) is 1.67. The first-order valence-corrected chi connectivity index (χ1v) is 11.7. The highest BCUT2D eigenvalue weighted by Gasteiger charge is 2.57. The van der Waals surface area contributed by atoms with Gasteiger partial charge in [-0.2, -0.15) is 0 Å². The molecule has 0 atom stereocenters. The van der Waals surface area contributed by atoms with Gasteiger partial charge in [-0.05, 0) is 23.1 Å². The third-order valence-corrected chi connectivity index (χ3v) is 5.59. The minimum Gasteiger partial charge on any atom is -0.460 e. The Morgan fingerprint density at radius 1 is 0.571 bits per heavy atom. The van der Waals surface area contributed by atoms with E-state index in [9.17, 15) is 14.4 Å². The molecular weight excluding hydrogens is 444 g/mol. The topological polar surface area (TPSA) is 78.9 Å². The molecule has 0 unspecified atom stereocenters. The highest BCUT2D eigenvalue weighted by Crippen LogP contribution is 2.32. The fraction of sp³-hybridized carbons (Fsp3) is 0.276. The summed E-state index contributed by atoms with van der Waals surface area (Å²) in [6, 6.07) is 27.2. The molecule has 0 aromatic heterocycles. The highest BCUT2D eigenvalue weighted by molar-refractivity contribution is 6.17. The Balaban J connectivity index is 1.85. The lowest BCUT2D eigenvalue weighted by molar-refractivity contribution is -0.187. The molecule has 3 rings (SSSR count). The maximum atomic E-state index is 13.4. The normalized spacial score (nSPS) is 10.9. The first kappa shape index (κ1) is 25.7. The van der Waals surface area contributed by atoms with Gasteiger partial charge in [-0.25, -0.2) is 0 Å². The maximum absolute atomic E-state index is 13.4. The van der Waals surface area contributed by atoms with E-state index in [0.29, 0.717) is 12.8 Å². The van der Waals surface area contributed by atoms with Crippen molar-refractivity contribution in [3.63, 3.8) is 0 Å². The molecule has 3 aromatic carbocycles. The number of esters is 3. The van der Waals surface area contributed by atoms with Crippen molar-refractivity contribution in [2.75, 3.05) is 0 Å². The summed E-state index contributed by atoms with van der Waals surface area (Å²) in [5, 5.41) is 0. The van der Waals surface area contributed by atoms with Crippen LogP contribution in [0.1, 0.15) is 42.9 Å². The molecular formula is C29H30O6. The lowest BCUT2D eigenvalue weighted by Crippen LogP contribution is -2.49. The van der Waals surface area contributed by atoms with Crippen molar-refractivity contribution < 1.29 is 28.6 Å². The lowest BCUT2D eigenvalue weighted by Gasteiger charge is -2.27. The van der Waals surface area contributed by atoms with E-state index in [0.717, 1.165) is 16.7 Å². The van der Waals surface area contributed by atoms with Crippen LogP contribution in [0.5, 0.6) is 0 Å². The molecule has 0 radical (unpaired) electrons. The van der Waals surface area contributed by atoms with Gasteiger partial charge < -0.3 is 14.2 Å². The van der Waals surface area contributed by atoms with Crippen LogP contribution < -0.4 is 0 Å². The van der Waals surface area contributed by atoms with Crippen molar-refractivity contribution >= 4 is 17.9 Å². The number of ether oxygens (including phenoxy) is 3. The average molecular weight is 475 g/mol. The standard InChI is InChI=1S/C29H30O6/c1-2-3-19-29(26(30)33-20-23-13-7-4-8-14-23,27(31)34-21-24-15-9-5-10-16-24)28(32)35-22-25-17-11-6-12-18-25/h4-18H,2-3,19-22H2,1H3. The fourth-order valence-electron chi connectivity index (χ4n) is 3.54. The maximum Gasteiger partial charge on any atom is 0.335 e. The van der Waals surface area contributed by atoms with E-state index in [1.807, 2.05) is 61.5 Å². The van der Waals surface area contributed by atoms with Crippen molar-refractivity contribution in [1.29, 1.82) is 0 Å². The van der Waals surface area contributed by atoms with Gasteiger partial charge in [0.15, 0.2) is 0 Å². The summed E-state index contributed by atoms with van der Waals surface area (Å²) in [7, 11) is 0. The van der Waals surface area contributed by atoms with Gasteiger partial charge in [-0.3, -0.25) is 14.4 Å². The Morgan fingerprint density at radius 2 is 0.886 bits per heavy atom. The molecule has 6 nitrogen and oxygen atoms in total. The predicted octanol–water partition coefficient (Wildman–Crippen LogP) is 5.39. The van der Waals surface area contributed by atoms with Gasteiger partial charge in [-0.15, -0.1) is 0 Å². The average Bonchev–Trinajstić information content (AvgIpc) is 2.91. The third kappa shape index (κ3) is 7.03. The molecule has 3 aromatic rings. The monoisotopic (exact) mass is 474 g/mol. The second kappa shape index (κ2) is 13.1.